The lowest BCUT2D eigenvalue weighted by Gasteiger charge is -2.12. The number of hydrogen-bond donors (Lipinski definition) is 2. The third kappa shape index (κ3) is 3.05. The van der Waals surface area contributed by atoms with Crippen LogP contribution in [0.15, 0.2) is 41.3 Å². The number of anilines is 1. The van der Waals surface area contributed by atoms with Crippen molar-refractivity contribution in [3.63, 3.8) is 0 Å². The summed E-state index contributed by atoms with van der Waals surface area (Å²) in [5, 5.41) is 9.72. The van der Waals surface area contributed by atoms with Gasteiger partial charge in [0.25, 0.3) is 10.0 Å². The van der Waals surface area contributed by atoms with Crippen molar-refractivity contribution in [3.8, 4) is 11.5 Å². The fraction of sp³-hybridized carbons (Fsp3) is 0.200. The van der Waals surface area contributed by atoms with Crippen LogP contribution in [-0.2, 0) is 21.3 Å². The number of fused-ring (bicyclic) bond motifs is 1. The number of benzene rings is 2. The third-order valence-electron chi connectivity index (χ3n) is 3.73. The first kappa shape index (κ1) is 16.6. The van der Waals surface area contributed by atoms with Gasteiger partial charge < -0.3 is 19.2 Å². The average molecular weight is 349 g/mol. The summed E-state index contributed by atoms with van der Waals surface area (Å²) in [7, 11) is -1.94. The van der Waals surface area contributed by atoms with Gasteiger partial charge in [0.1, 0.15) is 0 Å². The maximum atomic E-state index is 12.5. The Morgan fingerprint density at radius 1 is 1.12 bits per heavy atom. The van der Waals surface area contributed by atoms with Crippen molar-refractivity contribution in [2.24, 2.45) is 0 Å². The molecule has 0 saturated heterocycles. The SMILES string of the molecule is COc1ccc(S(=O)(=O)Nc2ccc3c(c2)B(O)OC3)cc1OC. The van der Waals surface area contributed by atoms with Crippen molar-refractivity contribution in [1.82, 2.24) is 0 Å². The summed E-state index contributed by atoms with van der Waals surface area (Å²) < 4.78 is 42.9. The van der Waals surface area contributed by atoms with E-state index in [1.54, 1.807) is 18.2 Å². The molecule has 126 valence electrons. The van der Waals surface area contributed by atoms with Crippen LogP contribution in [-0.4, -0.2) is 34.8 Å². The van der Waals surface area contributed by atoms with E-state index in [2.05, 4.69) is 4.72 Å². The molecule has 0 aliphatic carbocycles. The summed E-state index contributed by atoms with van der Waals surface area (Å²) in [6.45, 7) is 0.305. The Morgan fingerprint density at radius 3 is 2.58 bits per heavy atom. The summed E-state index contributed by atoms with van der Waals surface area (Å²) in [5.41, 5.74) is 1.73. The Bertz CT molecular complexity index is 870. The number of nitrogens with one attached hydrogen (secondary N) is 1. The van der Waals surface area contributed by atoms with Crippen LogP contribution in [0, 0.1) is 0 Å². The van der Waals surface area contributed by atoms with Crippen molar-refractivity contribution < 1.29 is 27.6 Å². The lowest BCUT2D eigenvalue weighted by molar-refractivity contribution is 0.275. The molecule has 2 aromatic carbocycles. The molecule has 0 spiro atoms. The van der Waals surface area contributed by atoms with Gasteiger partial charge in [-0.2, -0.15) is 0 Å². The highest BCUT2D eigenvalue weighted by molar-refractivity contribution is 7.92. The normalized spacial score (nSPS) is 13.5. The lowest BCUT2D eigenvalue weighted by atomic mass is 9.79. The van der Waals surface area contributed by atoms with E-state index >= 15 is 0 Å². The van der Waals surface area contributed by atoms with Crippen LogP contribution in [0.3, 0.4) is 0 Å². The molecule has 0 aromatic heterocycles. The Hall–Kier alpha value is -2.23. The second-order valence-electron chi connectivity index (χ2n) is 5.20. The van der Waals surface area contributed by atoms with E-state index in [9.17, 15) is 13.4 Å². The minimum atomic E-state index is -3.81. The molecule has 1 aliphatic rings. The van der Waals surface area contributed by atoms with Crippen LogP contribution >= 0.6 is 0 Å². The molecule has 0 radical (unpaired) electrons. The van der Waals surface area contributed by atoms with Crippen LogP contribution in [0.2, 0.25) is 0 Å². The second kappa shape index (κ2) is 6.35. The topological polar surface area (TPSA) is 94.1 Å². The van der Waals surface area contributed by atoms with E-state index in [0.29, 0.717) is 29.3 Å². The highest BCUT2D eigenvalue weighted by atomic mass is 32.2. The highest BCUT2D eigenvalue weighted by Gasteiger charge is 2.28. The Kier molecular flexibility index (Phi) is 4.40. The van der Waals surface area contributed by atoms with Gasteiger partial charge in [-0.05, 0) is 35.3 Å². The minimum absolute atomic E-state index is 0.0393. The fourth-order valence-corrected chi connectivity index (χ4v) is 3.54. The first-order valence-electron chi connectivity index (χ1n) is 7.12. The second-order valence-corrected chi connectivity index (χ2v) is 6.88. The zero-order valence-electron chi connectivity index (χ0n) is 13.1. The van der Waals surface area contributed by atoms with Gasteiger partial charge in [-0.25, -0.2) is 8.42 Å². The molecule has 24 heavy (non-hydrogen) atoms. The number of sulfonamides is 1. The predicted octanol–water partition coefficient (Wildman–Crippen LogP) is 0.722. The van der Waals surface area contributed by atoms with E-state index in [0.717, 1.165) is 5.56 Å². The largest absolute Gasteiger partial charge is 0.493 e. The van der Waals surface area contributed by atoms with Gasteiger partial charge in [-0.1, -0.05) is 6.07 Å². The molecular formula is C15H16BNO6S. The van der Waals surface area contributed by atoms with Crippen LogP contribution in [0.4, 0.5) is 5.69 Å². The zero-order valence-corrected chi connectivity index (χ0v) is 14.0. The summed E-state index contributed by atoms with van der Waals surface area (Å²) in [6, 6.07) is 9.23. The molecule has 9 heteroatoms. The molecule has 7 nitrogen and oxygen atoms in total. The molecule has 0 saturated carbocycles. The molecule has 0 fully saturated rings. The number of hydrogen-bond acceptors (Lipinski definition) is 6. The van der Waals surface area contributed by atoms with Gasteiger partial charge in [-0.3, -0.25) is 4.72 Å². The Balaban J connectivity index is 1.91. The maximum absolute atomic E-state index is 12.5. The smallest absolute Gasteiger partial charge is 0.491 e. The van der Waals surface area contributed by atoms with E-state index in [1.807, 2.05) is 0 Å². The van der Waals surface area contributed by atoms with E-state index in [-0.39, 0.29) is 4.90 Å². The lowest BCUT2D eigenvalue weighted by Crippen LogP contribution is -2.28. The Morgan fingerprint density at radius 2 is 1.88 bits per heavy atom. The Labute approximate surface area is 140 Å². The van der Waals surface area contributed by atoms with Crippen LogP contribution in [0.1, 0.15) is 5.56 Å². The summed E-state index contributed by atoms with van der Waals surface area (Å²) >= 11 is 0. The zero-order chi connectivity index (χ0) is 17.3. The van der Waals surface area contributed by atoms with Gasteiger partial charge in [0.05, 0.1) is 25.7 Å². The van der Waals surface area contributed by atoms with Gasteiger partial charge in [0.2, 0.25) is 0 Å². The molecule has 0 amide bonds. The summed E-state index contributed by atoms with van der Waals surface area (Å²) in [4.78, 5) is 0.0393. The fourth-order valence-electron chi connectivity index (χ4n) is 2.48. The summed E-state index contributed by atoms with van der Waals surface area (Å²) in [5.74, 6) is 0.757. The number of ether oxygens (including phenoxy) is 2. The average Bonchev–Trinajstić information content (AvgIpc) is 2.94. The molecule has 0 atom stereocenters. The monoisotopic (exact) mass is 349 g/mol. The van der Waals surface area contributed by atoms with Crippen LogP contribution in [0.25, 0.3) is 0 Å². The molecule has 1 aliphatic heterocycles. The number of rotatable bonds is 5. The minimum Gasteiger partial charge on any atom is -0.493 e. The predicted molar refractivity (Wildman–Crippen MR) is 89.2 cm³/mol. The van der Waals surface area contributed by atoms with Crippen molar-refractivity contribution in [2.45, 2.75) is 11.5 Å². The molecule has 2 N–H and O–H groups in total. The molecule has 0 bridgehead atoms. The van der Waals surface area contributed by atoms with Crippen molar-refractivity contribution in [1.29, 1.82) is 0 Å². The molecule has 1 heterocycles. The number of methoxy groups -OCH3 is 2. The van der Waals surface area contributed by atoms with Gasteiger partial charge in [0, 0.05) is 11.8 Å². The third-order valence-corrected chi connectivity index (χ3v) is 5.11. The van der Waals surface area contributed by atoms with E-state index < -0.39 is 17.1 Å². The quantitative estimate of drug-likeness (QED) is 0.773. The molecule has 0 unspecified atom stereocenters. The summed E-state index contributed by atoms with van der Waals surface area (Å²) in [6.07, 6.45) is 0. The van der Waals surface area contributed by atoms with Crippen LogP contribution in [0.5, 0.6) is 11.5 Å². The van der Waals surface area contributed by atoms with E-state index in [4.69, 9.17) is 14.1 Å². The van der Waals surface area contributed by atoms with Crippen LogP contribution < -0.4 is 19.7 Å². The van der Waals surface area contributed by atoms with Crippen molar-refractivity contribution >= 4 is 28.3 Å². The standard InChI is InChI=1S/C15H16BNO6S/c1-21-14-6-5-12(8-15(14)22-2)24(19,20)17-11-4-3-10-9-23-16(18)13(10)7-11/h3-8,17-18H,9H2,1-2H3. The van der Waals surface area contributed by atoms with Gasteiger partial charge in [-0.15, -0.1) is 0 Å². The van der Waals surface area contributed by atoms with Crippen molar-refractivity contribution in [2.75, 3.05) is 18.9 Å². The first-order chi connectivity index (χ1) is 11.4. The molecule has 3 rings (SSSR count). The van der Waals surface area contributed by atoms with E-state index in [1.165, 1.54) is 32.4 Å². The molecular weight excluding hydrogens is 333 g/mol. The maximum Gasteiger partial charge on any atom is 0.491 e. The van der Waals surface area contributed by atoms with Gasteiger partial charge in [0.15, 0.2) is 11.5 Å². The van der Waals surface area contributed by atoms with Gasteiger partial charge >= 0.3 is 7.12 Å². The molecule has 2 aromatic rings. The highest BCUT2D eigenvalue weighted by Crippen LogP contribution is 2.30. The van der Waals surface area contributed by atoms with Crippen molar-refractivity contribution in [3.05, 3.63) is 42.0 Å². The first-order valence-corrected chi connectivity index (χ1v) is 8.60.